The number of urea groups is 1. The first-order chi connectivity index (χ1) is 21.1. The average molecular weight is 603 g/mol. The van der Waals surface area contributed by atoms with Crippen LogP contribution in [-0.4, -0.2) is 34.0 Å². The van der Waals surface area contributed by atoms with E-state index in [1.54, 1.807) is 11.8 Å². The molecule has 9 heteroatoms. The molecule has 0 bridgehead atoms. The quantitative estimate of drug-likeness (QED) is 0.190. The first-order valence-corrected chi connectivity index (χ1v) is 15.7. The van der Waals surface area contributed by atoms with Crippen LogP contribution in [0.15, 0.2) is 136 Å². The molecule has 0 spiro atoms. The summed E-state index contributed by atoms with van der Waals surface area (Å²) >= 11 is 3.18. The number of aromatic nitrogens is 1. The number of anilines is 3. The molecule has 2 unspecified atom stereocenters. The van der Waals surface area contributed by atoms with Crippen molar-refractivity contribution in [1.82, 2.24) is 4.98 Å². The van der Waals surface area contributed by atoms with Crippen LogP contribution in [0.1, 0.15) is 0 Å². The fraction of sp³-hybridized carbons (Fsp3) is 0.0882. The van der Waals surface area contributed by atoms with Crippen LogP contribution in [0.5, 0.6) is 0 Å². The molecule has 0 fully saturated rings. The Balaban J connectivity index is 0.973. The minimum atomic E-state index is -0.191. The van der Waals surface area contributed by atoms with Gasteiger partial charge in [0.2, 0.25) is 11.8 Å². The molecule has 2 aliphatic rings. The summed E-state index contributed by atoms with van der Waals surface area (Å²) in [6.07, 6.45) is 8.23. The molecule has 7 rings (SSSR count). The summed E-state index contributed by atoms with van der Waals surface area (Å²) in [5.41, 5.74) is 4.64. The van der Waals surface area contributed by atoms with Crippen LogP contribution in [0.3, 0.4) is 0 Å². The number of amides is 3. The highest BCUT2D eigenvalue weighted by atomic mass is 32.2. The Kier molecular flexibility index (Phi) is 7.49. The number of fused-ring (bicyclic) bond motifs is 3. The van der Waals surface area contributed by atoms with Crippen LogP contribution < -0.4 is 15.5 Å². The zero-order valence-corrected chi connectivity index (χ0v) is 24.5. The van der Waals surface area contributed by atoms with Gasteiger partial charge in [0, 0.05) is 26.7 Å². The van der Waals surface area contributed by atoms with Crippen LogP contribution in [0.4, 0.5) is 21.9 Å². The van der Waals surface area contributed by atoms with Crippen LogP contribution >= 0.6 is 23.5 Å². The maximum atomic E-state index is 13.6. The molecule has 43 heavy (non-hydrogen) atoms. The maximum Gasteiger partial charge on any atom is 0.326 e. The third-order valence-corrected chi connectivity index (χ3v) is 9.43. The fourth-order valence-corrected chi connectivity index (χ4v) is 7.12. The minimum absolute atomic E-state index is 0.0739. The molecule has 0 saturated heterocycles. The van der Waals surface area contributed by atoms with Gasteiger partial charge < -0.3 is 15.1 Å². The largest absolute Gasteiger partial charge is 0.436 e. The zero-order valence-electron chi connectivity index (χ0n) is 22.8. The van der Waals surface area contributed by atoms with Crippen molar-refractivity contribution >= 4 is 63.6 Å². The van der Waals surface area contributed by atoms with Gasteiger partial charge in [-0.15, -0.1) is 23.5 Å². The molecule has 1 aliphatic carbocycles. The maximum absolute atomic E-state index is 13.6. The van der Waals surface area contributed by atoms with Crippen molar-refractivity contribution in [2.75, 3.05) is 21.3 Å². The van der Waals surface area contributed by atoms with Gasteiger partial charge in [0.1, 0.15) is 5.52 Å². The number of rotatable bonds is 6. The van der Waals surface area contributed by atoms with Gasteiger partial charge >= 0.3 is 6.03 Å². The van der Waals surface area contributed by atoms with Gasteiger partial charge in [0.15, 0.2) is 5.58 Å². The van der Waals surface area contributed by atoms with Crippen molar-refractivity contribution < 1.29 is 14.0 Å². The highest BCUT2D eigenvalue weighted by Gasteiger charge is 2.36. The van der Waals surface area contributed by atoms with Gasteiger partial charge in [-0.05, 0) is 66.7 Å². The highest BCUT2D eigenvalue weighted by molar-refractivity contribution is 8.00. The first kappa shape index (κ1) is 27.1. The topological polar surface area (TPSA) is 87.5 Å². The Morgan fingerprint density at radius 2 is 1.67 bits per heavy atom. The minimum Gasteiger partial charge on any atom is -0.436 e. The van der Waals surface area contributed by atoms with Crippen molar-refractivity contribution in [3.05, 3.63) is 121 Å². The third kappa shape index (κ3) is 5.82. The van der Waals surface area contributed by atoms with Gasteiger partial charge in [-0.2, -0.15) is 0 Å². The Morgan fingerprint density at radius 1 is 0.860 bits per heavy atom. The summed E-state index contributed by atoms with van der Waals surface area (Å²) in [5.74, 6) is 0.638. The summed E-state index contributed by atoms with van der Waals surface area (Å²) < 4.78 is 5.83. The van der Waals surface area contributed by atoms with Crippen LogP contribution in [0.2, 0.25) is 0 Å². The number of nitrogens with zero attached hydrogens (tertiary/aromatic N) is 2. The lowest BCUT2D eigenvalue weighted by atomic mass is 10.1. The molecule has 5 aromatic rings. The van der Waals surface area contributed by atoms with Gasteiger partial charge in [-0.1, -0.05) is 54.6 Å². The summed E-state index contributed by atoms with van der Waals surface area (Å²) in [5, 5.41) is 6.17. The molecule has 0 saturated carbocycles. The van der Waals surface area contributed by atoms with E-state index < -0.39 is 0 Å². The van der Waals surface area contributed by atoms with Crippen molar-refractivity contribution in [3.63, 3.8) is 0 Å². The molecule has 2 atom stereocenters. The number of nitrogens with one attached hydrogen (secondary N) is 2. The van der Waals surface area contributed by atoms with E-state index in [9.17, 15) is 9.59 Å². The lowest BCUT2D eigenvalue weighted by molar-refractivity contribution is -0.113. The number of hydrogen-bond donors (Lipinski definition) is 2. The fourth-order valence-electron chi connectivity index (χ4n) is 5.11. The van der Waals surface area contributed by atoms with Gasteiger partial charge in [0.05, 0.1) is 22.7 Å². The molecular formula is C34H26N4O3S2. The SMILES string of the molecule is O=C(CSc1cccc(NC(=O)N2c3ccccc3SC3C=CC=CC32)c1)Nc1ccc(-c2nc3ccccc3o2)cc1. The molecule has 2 heterocycles. The Labute approximate surface area is 257 Å². The van der Waals surface area contributed by atoms with Gasteiger partial charge in [0.25, 0.3) is 0 Å². The number of benzene rings is 4. The van der Waals surface area contributed by atoms with Gasteiger partial charge in [-0.3, -0.25) is 9.69 Å². The molecular weight excluding hydrogens is 577 g/mol. The second kappa shape index (κ2) is 11.9. The molecule has 4 aromatic carbocycles. The number of oxazole rings is 1. The van der Waals surface area contributed by atoms with Crippen LogP contribution in [0.25, 0.3) is 22.6 Å². The van der Waals surface area contributed by atoms with Crippen LogP contribution in [0, 0.1) is 0 Å². The Hall–Kier alpha value is -4.73. The number of allylic oxidation sites excluding steroid dienone is 2. The normalized spacial score (nSPS) is 16.9. The number of hydrogen-bond acceptors (Lipinski definition) is 6. The van der Waals surface area contributed by atoms with Crippen molar-refractivity contribution in [2.45, 2.75) is 21.1 Å². The van der Waals surface area contributed by atoms with E-state index in [1.807, 2.05) is 108 Å². The van der Waals surface area contributed by atoms with E-state index in [0.717, 1.165) is 32.1 Å². The summed E-state index contributed by atoms with van der Waals surface area (Å²) in [4.78, 5) is 34.6. The summed E-state index contributed by atoms with van der Waals surface area (Å²) in [7, 11) is 0. The van der Waals surface area contributed by atoms with E-state index in [1.165, 1.54) is 11.8 Å². The number of carbonyl (C=O) groups is 2. The zero-order chi connectivity index (χ0) is 29.2. The monoisotopic (exact) mass is 602 g/mol. The molecule has 212 valence electrons. The van der Waals surface area contributed by atoms with E-state index >= 15 is 0 Å². The van der Waals surface area contributed by atoms with Gasteiger partial charge in [-0.25, -0.2) is 9.78 Å². The lowest BCUT2D eigenvalue weighted by Gasteiger charge is -2.40. The predicted octanol–water partition coefficient (Wildman–Crippen LogP) is 8.23. The molecule has 2 N–H and O–H groups in total. The summed E-state index contributed by atoms with van der Waals surface area (Å²) in [6.45, 7) is 0. The number of thioether (sulfide) groups is 2. The average Bonchev–Trinajstić information content (AvgIpc) is 3.48. The summed E-state index contributed by atoms with van der Waals surface area (Å²) in [6, 6.07) is 30.3. The van der Waals surface area contributed by atoms with E-state index in [-0.39, 0.29) is 29.0 Å². The second-order valence-electron chi connectivity index (χ2n) is 10.0. The first-order valence-electron chi connectivity index (χ1n) is 13.8. The standard InChI is InChI=1S/C34H26N4O3S2/c39-32(35-23-18-16-22(17-19-23)33-37-26-10-1-4-13-29(26)41-33)21-42-25-9-7-8-24(20-25)36-34(40)38-27-11-2-5-14-30(27)43-31-15-6-3-12-28(31)38/h1-20,27,30H,21H2,(H,35,39)(H,36,40). The lowest BCUT2D eigenvalue weighted by Crippen LogP contribution is -2.49. The predicted molar refractivity (Wildman–Crippen MR) is 175 cm³/mol. The highest BCUT2D eigenvalue weighted by Crippen LogP contribution is 2.43. The van der Waals surface area contributed by atoms with E-state index in [2.05, 4.69) is 33.8 Å². The van der Waals surface area contributed by atoms with E-state index in [4.69, 9.17) is 4.42 Å². The smallest absolute Gasteiger partial charge is 0.326 e. The molecule has 7 nitrogen and oxygen atoms in total. The molecule has 1 aromatic heterocycles. The van der Waals surface area contributed by atoms with E-state index in [0.29, 0.717) is 17.3 Å². The Bertz CT molecular complexity index is 1850. The van der Waals surface area contributed by atoms with Crippen molar-refractivity contribution in [3.8, 4) is 11.5 Å². The number of carbonyl (C=O) groups excluding carboxylic acids is 2. The molecule has 3 amide bonds. The third-order valence-electron chi connectivity index (χ3n) is 7.13. The molecule has 1 aliphatic heterocycles. The van der Waals surface area contributed by atoms with Crippen LogP contribution in [-0.2, 0) is 4.79 Å². The Morgan fingerprint density at radius 3 is 2.56 bits per heavy atom. The molecule has 0 radical (unpaired) electrons. The van der Waals surface area contributed by atoms with Crippen molar-refractivity contribution in [2.24, 2.45) is 0 Å². The van der Waals surface area contributed by atoms with Crippen molar-refractivity contribution in [1.29, 1.82) is 0 Å². The second-order valence-corrected chi connectivity index (χ2v) is 12.3. The number of para-hydroxylation sites is 3.